The van der Waals surface area contributed by atoms with E-state index in [4.69, 9.17) is 5.26 Å². The van der Waals surface area contributed by atoms with Crippen LogP contribution in [-0.4, -0.2) is 23.9 Å². The number of carbonyl (C=O) groups excluding carboxylic acids is 1. The Morgan fingerprint density at radius 2 is 1.75 bits per heavy atom. The second-order valence-electron chi connectivity index (χ2n) is 4.86. The number of rotatable bonds is 2. The number of nitriles is 1. The van der Waals surface area contributed by atoms with Crippen molar-refractivity contribution in [3.05, 3.63) is 0 Å². The van der Waals surface area contributed by atoms with Crippen molar-refractivity contribution in [3.63, 3.8) is 0 Å². The summed E-state index contributed by atoms with van der Waals surface area (Å²) >= 11 is 0. The molecule has 1 heterocycles. The summed E-state index contributed by atoms with van der Waals surface area (Å²) in [6.07, 6.45) is 6.45. The Bertz CT molecular complexity index is 274. The molecule has 3 nitrogen and oxygen atoms in total. The number of nitrogens with zero attached hydrogens (tertiary/aromatic N) is 2. The first kappa shape index (κ1) is 13.0. The standard InChI is InChI=1S/C13H22N2O/c1-3-13(2,11-14)12(16)15-9-7-5-4-6-8-10-15/h3-10H2,1-2H3. The topological polar surface area (TPSA) is 44.1 Å². The van der Waals surface area contributed by atoms with Gasteiger partial charge in [0.15, 0.2) is 0 Å². The highest BCUT2D eigenvalue weighted by molar-refractivity contribution is 5.85. The van der Waals surface area contributed by atoms with Crippen LogP contribution in [0.3, 0.4) is 0 Å². The quantitative estimate of drug-likeness (QED) is 0.721. The van der Waals surface area contributed by atoms with Crippen LogP contribution in [0.5, 0.6) is 0 Å². The number of hydrogen-bond donors (Lipinski definition) is 0. The summed E-state index contributed by atoms with van der Waals surface area (Å²) in [6, 6.07) is 2.17. The van der Waals surface area contributed by atoms with Gasteiger partial charge in [0.2, 0.25) is 5.91 Å². The zero-order valence-electron chi connectivity index (χ0n) is 10.5. The zero-order chi connectivity index (χ0) is 12.0. The smallest absolute Gasteiger partial charge is 0.242 e. The summed E-state index contributed by atoms with van der Waals surface area (Å²) in [5.74, 6) is 0.0272. The van der Waals surface area contributed by atoms with Gasteiger partial charge in [-0.25, -0.2) is 0 Å². The molecule has 1 aliphatic rings. The lowest BCUT2D eigenvalue weighted by molar-refractivity contribution is -0.138. The summed E-state index contributed by atoms with van der Waals surface area (Å²) in [5.41, 5.74) is -0.820. The van der Waals surface area contributed by atoms with E-state index in [0.717, 1.165) is 25.9 Å². The third-order valence-electron chi connectivity index (χ3n) is 3.57. The first-order valence-electron chi connectivity index (χ1n) is 6.34. The number of amides is 1. The predicted octanol–water partition coefficient (Wildman–Crippen LogP) is 2.72. The number of hydrogen-bond acceptors (Lipinski definition) is 2. The SMILES string of the molecule is CCC(C)(C#N)C(=O)N1CCCCCCC1. The van der Waals surface area contributed by atoms with E-state index in [1.54, 1.807) is 6.92 Å². The van der Waals surface area contributed by atoms with E-state index in [2.05, 4.69) is 6.07 Å². The van der Waals surface area contributed by atoms with Gasteiger partial charge in [0.05, 0.1) is 6.07 Å². The molecule has 1 atom stereocenters. The van der Waals surface area contributed by atoms with E-state index in [0.29, 0.717) is 6.42 Å². The minimum Gasteiger partial charge on any atom is -0.341 e. The second-order valence-corrected chi connectivity index (χ2v) is 4.86. The van der Waals surface area contributed by atoms with Crippen molar-refractivity contribution >= 4 is 5.91 Å². The summed E-state index contributed by atoms with van der Waals surface area (Å²) in [4.78, 5) is 14.1. The molecule has 16 heavy (non-hydrogen) atoms. The molecule has 0 aliphatic carbocycles. The third kappa shape index (κ3) is 2.98. The monoisotopic (exact) mass is 222 g/mol. The first-order chi connectivity index (χ1) is 7.64. The van der Waals surface area contributed by atoms with Gasteiger partial charge < -0.3 is 4.90 Å². The Labute approximate surface area is 98.4 Å². The molecule has 0 N–H and O–H groups in total. The molecule has 0 aromatic heterocycles. The van der Waals surface area contributed by atoms with Crippen molar-refractivity contribution < 1.29 is 4.79 Å². The largest absolute Gasteiger partial charge is 0.341 e. The summed E-state index contributed by atoms with van der Waals surface area (Å²) in [6.45, 7) is 5.32. The minimum atomic E-state index is -0.820. The fourth-order valence-electron chi connectivity index (χ4n) is 2.08. The highest BCUT2D eigenvalue weighted by Gasteiger charge is 2.34. The fraction of sp³-hybridized carbons (Fsp3) is 0.846. The lowest BCUT2D eigenvalue weighted by atomic mass is 9.87. The van der Waals surface area contributed by atoms with Gasteiger partial charge in [-0.2, -0.15) is 5.26 Å². The molecule has 1 saturated heterocycles. The van der Waals surface area contributed by atoms with Gasteiger partial charge >= 0.3 is 0 Å². The molecule has 0 spiro atoms. The maximum absolute atomic E-state index is 12.3. The van der Waals surface area contributed by atoms with Crippen LogP contribution < -0.4 is 0 Å². The first-order valence-corrected chi connectivity index (χ1v) is 6.34. The highest BCUT2D eigenvalue weighted by Crippen LogP contribution is 2.24. The summed E-state index contributed by atoms with van der Waals surface area (Å²) in [7, 11) is 0. The van der Waals surface area contributed by atoms with Crippen molar-refractivity contribution in [2.45, 2.75) is 52.4 Å². The van der Waals surface area contributed by atoms with Crippen molar-refractivity contribution in [2.24, 2.45) is 5.41 Å². The van der Waals surface area contributed by atoms with Gasteiger partial charge in [0.1, 0.15) is 5.41 Å². The lowest BCUT2D eigenvalue weighted by Crippen LogP contribution is -2.43. The average molecular weight is 222 g/mol. The molecular weight excluding hydrogens is 200 g/mol. The van der Waals surface area contributed by atoms with Crippen LogP contribution in [0.25, 0.3) is 0 Å². The van der Waals surface area contributed by atoms with E-state index in [9.17, 15) is 4.79 Å². The molecule has 1 amide bonds. The average Bonchev–Trinajstić information content (AvgIpc) is 2.27. The lowest BCUT2D eigenvalue weighted by Gasteiger charge is -2.30. The normalized spacial score (nSPS) is 21.4. The maximum atomic E-state index is 12.3. The molecule has 90 valence electrons. The van der Waals surface area contributed by atoms with Crippen LogP contribution in [0.2, 0.25) is 0 Å². The molecule has 0 aromatic carbocycles. The Kier molecular flexibility index (Phi) is 4.79. The van der Waals surface area contributed by atoms with Crippen LogP contribution in [-0.2, 0) is 4.79 Å². The maximum Gasteiger partial charge on any atom is 0.242 e. The minimum absolute atomic E-state index is 0.0272. The molecule has 1 unspecified atom stereocenters. The molecular formula is C13H22N2O. The van der Waals surface area contributed by atoms with Crippen LogP contribution in [0.1, 0.15) is 52.4 Å². The van der Waals surface area contributed by atoms with E-state index in [1.807, 2.05) is 11.8 Å². The van der Waals surface area contributed by atoms with Gasteiger partial charge in [0.25, 0.3) is 0 Å². The van der Waals surface area contributed by atoms with Crippen molar-refractivity contribution in [1.29, 1.82) is 5.26 Å². The van der Waals surface area contributed by atoms with Crippen molar-refractivity contribution in [1.82, 2.24) is 4.90 Å². The molecule has 0 radical (unpaired) electrons. The Balaban J connectivity index is 2.67. The predicted molar refractivity (Wildman–Crippen MR) is 63.7 cm³/mol. The molecule has 1 fully saturated rings. The van der Waals surface area contributed by atoms with Crippen LogP contribution in [0.4, 0.5) is 0 Å². The second kappa shape index (κ2) is 5.89. The zero-order valence-corrected chi connectivity index (χ0v) is 10.5. The van der Waals surface area contributed by atoms with Gasteiger partial charge in [0, 0.05) is 13.1 Å². The summed E-state index contributed by atoms with van der Waals surface area (Å²) in [5, 5.41) is 9.11. The van der Waals surface area contributed by atoms with E-state index < -0.39 is 5.41 Å². The fourth-order valence-corrected chi connectivity index (χ4v) is 2.08. The Hall–Kier alpha value is -1.04. The molecule has 0 saturated carbocycles. The van der Waals surface area contributed by atoms with Gasteiger partial charge in [-0.3, -0.25) is 4.79 Å². The van der Waals surface area contributed by atoms with Crippen molar-refractivity contribution in [2.75, 3.05) is 13.1 Å². The van der Waals surface area contributed by atoms with Gasteiger partial charge in [-0.1, -0.05) is 26.2 Å². The third-order valence-corrected chi connectivity index (χ3v) is 3.57. The van der Waals surface area contributed by atoms with Crippen LogP contribution in [0.15, 0.2) is 0 Å². The summed E-state index contributed by atoms with van der Waals surface area (Å²) < 4.78 is 0. The van der Waals surface area contributed by atoms with Gasteiger partial charge in [-0.15, -0.1) is 0 Å². The van der Waals surface area contributed by atoms with Gasteiger partial charge in [-0.05, 0) is 26.2 Å². The molecule has 0 aromatic rings. The van der Waals surface area contributed by atoms with Crippen LogP contribution >= 0.6 is 0 Å². The van der Waals surface area contributed by atoms with Crippen LogP contribution in [0, 0.1) is 16.7 Å². The molecule has 0 bridgehead atoms. The Morgan fingerprint density at radius 3 is 2.19 bits per heavy atom. The molecule has 1 rings (SSSR count). The number of likely N-dealkylation sites (tertiary alicyclic amines) is 1. The van der Waals surface area contributed by atoms with E-state index >= 15 is 0 Å². The number of carbonyl (C=O) groups is 1. The van der Waals surface area contributed by atoms with E-state index in [1.165, 1.54) is 19.3 Å². The van der Waals surface area contributed by atoms with Crippen molar-refractivity contribution in [3.8, 4) is 6.07 Å². The molecule has 1 aliphatic heterocycles. The van der Waals surface area contributed by atoms with E-state index in [-0.39, 0.29) is 5.91 Å². The highest BCUT2D eigenvalue weighted by atomic mass is 16.2. The Morgan fingerprint density at radius 1 is 1.25 bits per heavy atom. The molecule has 3 heteroatoms.